The fourth-order valence-corrected chi connectivity index (χ4v) is 1.29. The molecule has 0 unspecified atom stereocenters. The van der Waals surface area contributed by atoms with Crippen molar-refractivity contribution in [1.82, 2.24) is 0 Å². The first-order valence-electron chi connectivity index (χ1n) is 4.83. The van der Waals surface area contributed by atoms with Crippen LogP contribution in [0.5, 0.6) is 5.75 Å². The van der Waals surface area contributed by atoms with Gasteiger partial charge in [-0.25, -0.2) is 0 Å². The Bertz CT molecular complexity index is 528. The molecule has 1 radical (unpaired) electrons. The molecule has 0 aromatic heterocycles. The van der Waals surface area contributed by atoms with Gasteiger partial charge in [-0.3, -0.25) is 5.11 Å². The van der Waals surface area contributed by atoms with Gasteiger partial charge < -0.3 is 0 Å². The molecule has 0 N–H and O–H groups in total. The first-order valence-corrected chi connectivity index (χ1v) is 4.83. The molecule has 11 heteroatoms. The maximum atomic E-state index is 12.9. The highest BCUT2D eigenvalue weighted by atomic mass is 19.4. The van der Waals surface area contributed by atoms with Crippen molar-refractivity contribution in [2.75, 3.05) is 0 Å². The van der Waals surface area contributed by atoms with Crippen LogP contribution in [0.15, 0.2) is 18.2 Å². The molecule has 1 nitrogen and oxygen atoms in total. The van der Waals surface area contributed by atoms with Crippen LogP contribution in [-0.2, 0) is 17.0 Å². The quantitative estimate of drug-likeness (QED) is 0.670. The van der Waals surface area contributed by atoms with Crippen LogP contribution in [-0.4, -0.2) is 12.4 Å². The minimum Gasteiger partial charge on any atom is -0.289 e. The second-order valence-electron chi connectivity index (χ2n) is 3.86. The molecule has 21 heavy (non-hydrogen) atoms. The van der Waals surface area contributed by atoms with Crippen LogP contribution in [0.4, 0.5) is 43.9 Å². The smallest absolute Gasteiger partial charge is 0.289 e. The molecule has 0 fully saturated rings. The van der Waals surface area contributed by atoms with E-state index in [1.54, 1.807) is 0 Å². The van der Waals surface area contributed by atoms with E-state index in [0.717, 1.165) is 0 Å². The summed E-state index contributed by atoms with van der Waals surface area (Å²) in [5, 5.41) is 10.9. The Morgan fingerprint density at radius 3 is 1.48 bits per heavy atom. The predicted molar refractivity (Wildman–Crippen MR) is 46.5 cm³/mol. The van der Waals surface area contributed by atoms with Crippen molar-refractivity contribution in [2.45, 2.75) is 24.2 Å². The van der Waals surface area contributed by atoms with Crippen LogP contribution in [0.25, 0.3) is 0 Å². The fourth-order valence-electron chi connectivity index (χ4n) is 1.29. The average molecular weight is 329 g/mol. The van der Waals surface area contributed by atoms with E-state index >= 15 is 0 Å². The van der Waals surface area contributed by atoms with Crippen molar-refractivity contribution in [2.24, 2.45) is 0 Å². The summed E-state index contributed by atoms with van der Waals surface area (Å²) in [5.74, 6) is -13.6. The number of benzene rings is 1. The van der Waals surface area contributed by atoms with Gasteiger partial charge in [-0.1, -0.05) is 0 Å². The highest BCUT2D eigenvalue weighted by Gasteiger charge is 2.62. The third-order valence-electron chi connectivity index (χ3n) is 2.39. The van der Waals surface area contributed by atoms with Crippen molar-refractivity contribution in [3.63, 3.8) is 0 Å². The molecule has 0 aliphatic rings. The number of alkyl halides is 10. The average Bonchev–Trinajstić information content (AvgIpc) is 2.25. The van der Waals surface area contributed by atoms with E-state index in [2.05, 4.69) is 0 Å². The summed E-state index contributed by atoms with van der Waals surface area (Å²) in [4.78, 5) is 0. The number of rotatable bonds is 2. The lowest BCUT2D eigenvalue weighted by molar-refractivity contribution is -0.292. The van der Waals surface area contributed by atoms with Gasteiger partial charge in [0, 0.05) is 5.56 Å². The molecule has 0 saturated heterocycles. The Balaban J connectivity index is 3.50. The summed E-state index contributed by atoms with van der Waals surface area (Å²) in [6.45, 7) is 0. The highest BCUT2D eigenvalue weighted by molar-refractivity contribution is 5.41. The molecule has 0 bridgehead atoms. The molecule has 0 amide bonds. The van der Waals surface area contributed by atoms with Crippen molar-refractivity contribution in [1.29, 1.82) is 0 Å². The first-order chi connectivity index (χ1) is 9.12. The van der Waals surface area contributed by atoms with Crippen LogP contribution >= 0.6 is 0 Å². The molecule has 0 spiro atoms. The first kappa shape index (κ1) is 17.4. The molecule has 0 saturated carbocycles. The van der Waals surface area contributed by atoms with Gasteiger partial charge in [0.15, 0.2) is 5.75 Å². The molecule has 1 aromatic carbocycles. The van der Waals surface area contributed by atoms with E-state index in [1.807, 2.05) is 0 Å². The summed E-state index contributed by atoms with van der Waals surface area (Å²) >= 11 is 0. The second kappa shape index (κ2) is 4.67. The van der Waals surface area contributed by atoms with Gasteiger partial charge in [0.1, 0.15) is 0 Å². The maximum Gasteiger partial charge on any atom is 0.458 e. The second-order valence-corrected chi connectivity index (χ2v) is 3.86. The van der Waals surface area contributed by atoms with Crippen LogP contribution in [0.2, 0.25) is 0 Å². The molecule has 0 aliphatic heterocycles. The zero-order valence-electron chi connectivity index (χ0n) is 9.42. The largest absolute Gasteiger partial charge is 0.458 e. The Morgan fingerprint density at radius 2 is 1.10 bits per heavy atom. The van der Waals surface area contributed by atoms with E-state index in [1.165, 1.54) is 0 Å². The lowest BCUT2D eigenvalue weighted by Gasteiger charge is -2.23. The SMILES string of the molecule is [O]c1ccc(C(F)(F)C(F)(F)F)cc1C(F)(F)C(F)(F)F. The van der Waals surface area contributed by atoms with E-state index < -0.39 is 47.1 Å². The van der Waals surface area contributed by atoms with Gasteiger partial charge >= 0.3 is 24.2 Å². The number of halogens is 10. The number of hydrogen-bond donors (Lipinski definition) is 0. The third-order valence-corrected chi connectivity index (χ3v) is 2.39. The molecule has 0 aliphatic carbocycles. The van der Waals surface area contributed by atoms with E-state index in [0.29, 0.717) is 0 Å². The van der Waals surface area contributed by atoms with Crippen molar-refractivity contribution >= 4 is 0 Å². The van der Waals surface area contributed by atoms with Crippen molar-refractivity contribution in [3.8, 4) is 5.75 Å². The third kappa shape index (κ3) is 2.86. The number of hydrogen-bond acceptors (Lipinski definition) is 0. The van der Waals surface area contributed by atoms with Gasteiger partial charge in [-0.15, -0.1) is 0 Å². The van der Waals surface area contributed by atoms with Gasteiger partial charge in [0.05, 0.1) is 5.56 Å². The zero-order valence-corrected chi connectivity index (χ0v) is 9.42. The predicted octanol–water partition coefficient (Wildman–Crippen LogP) is 5.14. The molecule has 1 rings (SSSR count). The zero-order chi connectivity index (χ0) is 16.9. The molecular formula is C10H3F10O. The Hall–Kier alpha value is -1.68. The van der Waals surface area contributed by atoms with Gasteiger partial charge in [-0.05, 0) is 18.2 Å². The lowest BCUT2D eigenvalue weighted by atomic mass is 9.99. The highest BCUT2D eigenvalue weighted by Crippen LogP contribution is 2.50. The summed E-state index contributed by atoms with van der Waals surface area (Å²) in [6, 6.07) is -1.15. The minimum atomic E-state index is -6.32. The van der Waals surface area contributed by atoms with Gasteiger partial charge in [-0.2, -0.15) is 43.9 Å². The maximum absolute atomic E-state index is 12.9. The Kier molecular flexibility index (Phi) is 3.86. The minimum absolute atomic E-state index is 0.161. The summed E-state index contributed by atoms with van der Waals surface area (Å²) < 4.78 is 124. The standard InChI is InChI=1S/C10H3F10O/c11-7(12,9(15,16)17)4-1-2-6(21)5(3-4)8(13,14)10(18,19)20/h1-3H. The van der Waals surface area contributed by atoms with E-state index in [4.69, 9.17) is 0 Å². The molecule has 0 heterocycles. The summed E-state index contributed by atoms with van der Waals surface area (Å²) in [5.41, 5.74) is -4.69. The van der Waals surface area contributed by atoms with Gasteiger partial charge in [0.25, 0.3) is 0 Å². The monoisotopic (exact) mass is 329 g/mol. The van der Waals surface area contributed by atoms with Crippen LogP contribution in [0, 0.1) is 0 Å². The molecule has 1 aromatic rings. The topological polar surface area (TPSA) is 19.9 Å². The normalized spacial score (nSPS) is 14.4. The van der Waals surface area contributed by atoms with Crippen LogP contribution < -0.4 is 0 Å². The van der Waals surface area contributed by atoms with Crippen molar-refractivity contribution < 1.29 is 49.0 Å². The Labute approximate surface area is 109 Å². The summed E-state index contributed by atoms with van der Waals surface area (Å²) in [7, 11) is 0. The van der Waals surface area contributed by atoms with Crippen LogP contribution in [0.3, 0.4) is 0 Å². The van der Waals surface area contributed by atoms with Crippen molar-refractivity contribution in [3.05, 3.63) is 29.3 Å². The van der Waals surface area contributed by atoms with Gasteiger partial charge in [0.2, 0.25) is 0 Å². The molecule has 119 valence electrons. The lowest BCUT2D eigenvalue weighted by Crippen LogP contribution is -2.36. The molecular weight excluding hydrogens is 326 g/mol. The van der Waals surface area contributed by atoms with Crippen LogP contribution in [0.1, 0.15) is 11.1 Å². The Morgan fingerprint density at radius 1 is 0.667 bits per heavy atom. The fraction of sp³-hybridized carbons (Fsp3) is 0.400. The van der Waals surface area contributed by atoms with E-state index in [-0.39, 0.29) is 12.1 Å². The molecule has 0 atom stereocenters. The van der Waals surface area contributed by atoms with E-state index in [9.17, 15) is 49.0 Å². The summed E-state index contributed by atoms with van der Waals surface area (Å²) in [6.07, 6.45) is -12.5.